The highest BCUT2D eigenvalue weighted by Crippen LogP contribution is 2.38. The van der Waals surface area contributed by atoms with Crippen molar-refractivity contribution >= 4 is 22.5 Å². The van der Waals surface area contributed by atoms with E-state index < -0.39 is 11.9 Å². The number of H-pyrrole nitrogens is 1. The highest BCUT2D eigenvalue weighted by molar-refractivity contribution is 5.95. The van der Waals surface area contributed by atoms with E-state index >= 15 is 0 Å². The summed E-state index contributed by atoms with van der Waals surface area (Å²) < 4.78 is 53.2. The van der Waals surface area contributed by atoms with Gasteiger partial charge in [-0.3, -0.25) is 14.9 Å². The minimum absolute atomic E-state index is 0.0178. The molecule has 6 nitrogen and oxygen atoms in total. The van der Waals surface area contributed by atoms with Crippen LogP contribution in [0.25, 0.3) is 22.0 Å². The highest BCUT2D eigenvalue weighted by Gasteiger charge is 2.36. The molecule has 0 bridgehead atoms. The molecular weight excluding hydrogens is 474 g/mol. The van der Waals surface area contributed by atoms with Crippen LogP contribution in [0.2, 0.25) is 0 Å². The molecular formula is C26H23F4N5O. The number of aromatic amines is 1. The van der Waals surface area contributed by atoms with Crippen LogP contribution in [0.4, 0.5) is 23.2 Å². The fourth-order valence-electron chi connectivity index (χ4n) is 4.61. The zero-order valence-corrected chi connectivity index (χ0v) is 19.1. The van der Waals surface area contributed by atoms with Gasteiger partial charge in [0.25, 0.3) is 0 Å². The van der Waals surface area contributed by atoms with Crippen LogP contribution in [-0.4, -0.2) is 34.2 Å². The highest BCUT2D eigenvalue weighted by atomic mass is 19.4. The molecule has 1 aliphatic rings. The molecule has 2 aromatic heterocycles. The molecule has 3 heterocycles. The molecule has 2 aromatic carbocycles. The number of carbonyl (C=O) groups excluding carboxylic acids is 1. The van der Waals surface area contributed by atoms with E-state index in [0.717, 1.165) is 16.6 Å². The summed E-state index contributed by atoms with van der Waals surface area (Å²) in [4.78, 5) is 19.2. The van der Waals surface area contributed by atoms with Crippen LogP contribution < -0.4 is 10.2 Å². The molecule has 5 rings (SSSR count). The number of nitrogens with zero attached hydrogens (tertiary/aromatic N) is 3. The van der Waals surface area contributed by atoms with Crippen LogP contribution in [-0.2, 0) is 17.5 Å². The molecule has 0 spiro atoms. The normalized spacial score (nSPS) is 14.8. The molecule has 0 atom stereocenters. The van der Waals surface area contributed by atoms with Gasteiger partial charge in [-0.05, 0) is 54.3 Å². The topological polar surface area (TPSA) is 73.9 Å². The molecule has 0 unspecified atom stereocenters. The molecule has 4 aromatic rings. The summed E-state index contributed by atoms with van der Waals surface area (Å²) in [5.41, 5.74) is 1.85. The van der Waals surface area contributed by atoms with Gasteiger partial charge in [0.1, 0.15) is 11.5 Å². The number of carbonyl (C=O) groups is 1. The van der Waals surface area contributed by atoms with E-state index in [9.17, 15) is 22.4 Å². The van der Waals surface area contributed by atoms with Crippen molar-refractivity contribution in [1.29, 1.82) is 0 Å². The molecule has 0 aliphatic carbocycles. The molecule has 36 heavy (non-hydrogen) atoms. The third-order valence-corrected chi connectivity index (χ3v) is 6.54. The van der Waals surface area contributed by atoms with E-state index in [1.165, 1.54) is 18.3 Å². The van der Waals surface area contributed by atoms with Gasteiger partial charge in [0.2, 0.25) is 5.91 Å². The van der Waals surface area contributed by atoms with Gasteiger partial charge in [-0.25, -0.2) is 4.39 Å². The van der Waals surface area contributed by atoms with Crippen LogP contribution in [0, 0.1) is 11.7 Å². The monoisotopic (exact) mass is 497 g/mol. The van der Waals surface area contributed by atoms with Gasteiger partial charge in [0.15, 0.2) is 0 Å². The number of alkyl halides is 3. The number of fused-ring (bicyclic) bond motifs is 1. The minimum Gasteiger partial charge on any atom is -0.371 e. The smallest absolute Gasteiger partial charge is 0.371 e. The van der Waals surface area contributed by atoms with Crippen LogP contribution in [0.5, 0.6) is 0 Å². The van der Waals surface area contributed by atoms with Gasteiger partial charge in [0.05, 0.1) is 11.7 Å². The minimum atomic E-state index is -4.54. The molecule has 186 valence electrons. The summed E-state index contributed by atoms with van der Waals surface area (Å²) in [5, 5.41) is 9.31. The third kappa shape index (κ3) is 4.89. The maximum Gasteiger partial charge on any atom is 0.433 e. The fourth-order valence-corrected chi connectivity index (χ4v) is 4.61. The first kappa shape index (κ1) is 23.8. The second-order valence-electron chi connectivity index (χ2n) is 8.82. The van der Waals surface area contributed by atoms with Gasteiger partial charge in [0, 0.05) is 48.4 Å². The van der Waals surface area contributed by atoms with Crippen molar-refractivity contribution in [3.63, 3.8) is 0 Å². The second-order valence-corrected chi connectivity index (χ2v) is 8.82. The lowest BCUT2D eigenvalue weighted by Crippen LogP contribution is -2.40. The molecule has 0 saturated carbocycles. The third-order valence-electron chi connectivity index (χ3n) is 6.54. The molecule has 10 heteroatoms. The largest absolute Gasteiger partial charge is 0.433 e. The first-order valence-electron chi connectivity index (χ1n) is 11.6. The Kier molecular flexibility index (Phi) is 6.34. The van der Waals surface area contributed by atoms with Gasteiger partial charge >= 0.3 is 6.18 Å². The van der Waals surface area contributed by atoms with E-state index in [2.05, 4.69) is 25.4 Å². The predicted octanol–water partition coefficient (Wildman–Crippen LogP) is 5.32. The zero-order valence-electron chi connectivity index (χ0n) is 19.1. The Morgan fingerprint density at radius 3 is 2.56 bits per heavy atom. The lowest BCUT2D eigenvalue weighted by molar-refractivity contribution is -0.140. The Hall–Kier alpha value is -3.95. The van der Waals surface area contributed by atoms with E-state index in [1.807, 2.05) is 6.07 Å². The number of pyridine rings is 1. The van der Waals surface area contributed by atoms with Crippen molar-refractivity contribution in [1.82, 2.24) is 20.5 Å². The number of anilines is 1. The van der Waals surface area contributed by atoms with Gasteiger partial charge in [-0.2, -0.15) is 18.3 Å². The van der Waals surface area contributed by atoms with E-state index in [1.54, 1.807) is 36.5 Å². The number of rotatable bonds is 5. The average molecular weight is 497 g/mol. The van der Waals surface area contributed by atoms with Crippen molar-refractivity contribution in [3.8, 4) is 11.1 Å². The van der Waals surface area contributed by atoms with Crippen LogP contribution >= 0.6 is 0 Å². The first-order chi connectivity index (χ1) is 17.3. The summed E-state index contributed by atoms with van der Waals surface area (Å²) in [6.07, 6.45) is -0.414. The number of benzene rings is 2. The molecule has 1 saturated heterocycles. The molecule has 1 amide bonds. The molecule has 2 N–H and O–H groups in total. The molecule has 1 fully saturated rings. The van der Waals surface area contributed by atoms with E-state index in [-0.39, 0.29) is 23.2 Å². The standard InChI is InChI=1S/C26H23F4N5O/c27-19-4-1-16(2-5-19)14-32-25(36)17-8-11-35(12-9-17)23-7-10-31-22-6-3-18(13-20(22)23)21-15-33-34-24(21)26(28,29)30/h1-7,10,13,15,17H,8-9,11-12,14H2,(H,32,36)(H,33,34). The van der Waals surface area contributed by atoms with Crippen molar-refractivity contribution < 1.29 is 22.4 Å². The van der Waals surface area contributed by atoms with E-state index in [4.69, 9.17) is 0 Å². The quantitative estimate of drug-likeness (QED) is 0.366. The summed E-state index contributed by atoms with van der Waals surface area (Å²) in [6.45, 7) is 1.58. The average Bonchev–Trinajstić information content (AvgIpc) is 3.39. The van der Waals surface area contributed by atoms with E-state index in [0.29, 0.717) is 43.6 Å². The first-order valence-corrected chi connectivity index (χ1v) is 11.6. The SMILES string of the molecule is O=C(NCc1ccc(F)cc1)C1CCN(c2ccnc3ccc(-c4cn[nH]c4C(F)(F)F)cc23)CC1. The number of aromatic nitrogens is 3. The number of piperidine rings is 1. The predicted molar refractivity (Wildman–Crippen MR) is 128 cm³/mol. The number of halogens is 4. The van der Waals surface area contributed by atoms with Crippen LogP contribution in [0.3, 0.4) is 0 Å². The van der Waals surface area contributed by atoms with Crippen molar-refractivity contribution in [3.05, 3.63) is 78.0 Å². The summed E-state index contributed by atoms with van der Waals surface area (Å²) in [5.74, 6) is -0.509. The fraction of sp³-hybridized carbons (Fsp3) is 0.269. The van der Waals surface area contributed by atoms with Gasteiger partial charge in [-0.1, -0.05) is 18.2 Å². The number of amides is 1. The Balaban J connectivity index is 1.30. The van der Waals surface area contributed by atoms with Gasteiger partial charge < -0.3 is 10.2 Å². The molecule has 1 aliphatic heterocycles. The van der Waals surface area contributed by atoms with Crippen molar-refractivity contribution in [2.45, 2.75) is 25.6 Å². The summed E-state index contributed by atoms with van der Waals surface area (Å²) >= 11 is 0. The second kappa shape index (κ2) is 9.60. The van der Waals surface area contributed by atoms with Crippen molar-refractivity contribution in [2.24, 2.45) is 5.92 Å². The Labute approximate surface area is 204 Å². The summed E-state index contributed by atoms with van der Waals surface area (Å²) in [6, 6.07) is 12.9. The lowest BCUT2D eigenvalue weighted by Gasteiger charge is -2.33. The number of hydrogen-bond donors (Lipinski definition) is 2. The van der Waals surface area contributed by atoms with Crippen LogP contribution in [0.15, 0.2) is 60.9 Å². The Morgan fingerprint density at radius 2 is 1.83 bits per heavy atom. The number of nitrogens with one attached hydrogen (secondary N) is 2. The summed E-state index contributed by atoms with van der Waals surface area (Å²) in [7, 11) is 0. The Bertz CT molecular complexity index is 1380. The Morgan fingerprint density at radius 1 is 1.08 bits per heavy atom. The van der Waals surface area contributed by atoms with Crippen LogP contribution in [0.1, 0.15) is 24.1 Å². The lowest BCUT2D eigenvalue weighted by atomic mass is 9.94. The van der Waals surface area contributed by atoms with Crippen molar-refractivity contribution in [2.75, 3.05) is 18.0 Å². The zero-order chi connectivity index (χ0) is 25.3. The van der Waals surface area contributed by atoms with Gasteiger partial charge in [-0.15, -0.1) is 0 Å². The number of hydrogen-bond acceptors (Lipinski definition) is 4. The maximum atomic E-state index is 13.4. The molecule has 0 radical (unpaired) electrons. The maximum absolute atomic E-state index is 13.4.